The van der Waals surface area contributed by atoms with Crippen LogP contribution in [0, 0.1) is 6.92 Å². The van der Waals surface area contributed by atoms with Crippen LogP contribution in [0.5, 0.6) is 6.01 Å². The lowest BCUT2D eigenvalue weighted by Gasteiger charge is -2.13. The monoisotopic (exact) mass is 422 g/mol. The molecule has 9 nitrogen and oxygen atoms in total. The van der Waals surface area contributed by atoms with Gasteiger partial charge in [-0.3, -0.25) is 5.32 Å². The first-order chi connectivity index (χ1) is 14.1. The number of benzene rings is 1. The molecule has 0 unspecified atom stereocenters. The average molecular weight is 422 g/mol. The molecule has 1 aromatic heterocycles. The molecular weight excluding hydrogens is 403 g/mol. The Morgan fingerprint density at radius 3 is 2.64 bits per heavy atom. The number of aryl methyl sites for hydroxylation is 2. The van der Waals surface area contributed by atoms with E-state index in [1.54, 1.807) is 4.72 Å². The van der Waals surface area contributed by atoms with Crippen LogP contribution in [0.4, 0.5) is 23.9 Å². The summed E-state index contributed by atoms with van der Waals surface area (Å²) in [6, 6.07) is 2.93. The van der Waals surface area contributed by atoms with E-state index in [1.807, 2.05) is 5.32 Å². The van der Waals surface area contributed by atoms with Gasteiger partial charge in [-0.2, -0.15) is 28.1 Å². The van der Waals surface area contributed by atoms with Crippen molar-refractivity contribution in [3.05, 3.63) is 35.7 Å². The number of hydrogen-bond acceptors (Lipinski definition) is 7. The zero-order chi connectivity index (χ0) is 23.4. The SMILES string of the molecule is [2H]C([2H])([2H])Oc1nc(C)nc(NC(=O)NS(=O)(=O)c2ccccc2CCC(F)(F)F)n1. The number of ether oxygens (including phenoxy) is 1. The molecule has 1 heterocycles. The van der Waals surface area contributed by atoms with Gasteiger partial charge in [-0.1, -0.05) is 18.2 Å². The van der Waals surface area contributed by atoms with Gasteiger partial charge in [0.05, 0.1) is 16.0 Å². The first-order valence-electron chi connectivity index (χ1n) is 9.05. The Bertz CT molecular complexity index is 1060. The van der Waals surface area contributed by atoms with E-state index < -0.39 is 59.0 Å². The summed E-state index contributed by atoms with van der Waals surface area (Å²) in [4.78, 5) is 22.5. The van der Waals surface area contributed by atoms with Gasteiger partial charge in [-0.15, -0.1) is 0 Å². The molecule has 0 saturated heterocycles. The van der Waals surface area contributed by atoms with Gasteiger partial charge in [0.2, 0.25) is 5.95 Å². The standard InChI is InChI=1S/C15H16F3N5O4S/c1-9-19-12(22-14(20-9)27-2)21-13(24)23-28(25,26)11-6-4-3-5-10(11)7-8-15(16,17)18/h3-6H,7-8H2,1-2H3,(H2,19,20,21,22,23,24)/i2D3. The molecule has 28 heavy (non-hydrogen) atoms. The second-order valence-corrected chi connectivity index (χ2v) is 7.02. The molecule has 2 aromatic rings. The predicted octanol–water partition coefficient (Wildman–Crippen LogP) is 2.19. The van der Waals surface area contributed by atoms with Crippen molar-refractivity contribution in [2.45, 2.75) is 30.8 Å². The maximum atomic E-state index is 12.5. The van der Waals surface area contributed by atoms with Crippen LogP contribution in [-0.4, -0.2) is 42.6 Å². The summed E-state index contributed by atoms with van der Waals surface area (Å²) in [6.07, 6.45) is -6.35. The number of hydrogen-bond donors (Lipinski definition) is 2. The largest absolute Gasteiger partial charge is 0.467 e. The van der Waals surface area contributed by atoms with Gasteiger partial charge in [0.1, 0.15) is 5.82 Å². The molecule has 152 valence electrons. The van der Waals surface area contributed by atoms with Crippen LogP contribution in [0.25, 0.3) is 0 Å². The van der Waals surface area contributed by atoms with Gasteiger partial charge < -0.3 is 4.74 Å². The highest BCUT2D eigenvalue weighted by Crippen LogP contribution is 2.25. The molecule has 0 radical (unpaired) electrons. The van der Waals surface area contributed by atoms with Crippen molar-refractivity contribution in [3.63, 3.8) is 0 Å². The molecule has 0 bridgehead atoms. The Hall–Kier alpha value is -2.96. The summed E-state index contributed by atoms with van der Waals surface area (Å²) in [5.41, 5.74) is -0.135. The van der Waals surface area contributed by atoms with Gasteiger partial charge in [0.25, 0.3) is 10.0 Å². The van der Waals surface area contributed by atoms with Gasteiger partial charge in [-0.05, 0) is 25.0 Å². The summed E-state index contributed by atoms with van der Waals surface area (Å²) >= 11 is 0. The normalized spacial score (nSPS) is 13.8. The lowest BCUT2D eigenvalue weighted by Crippen LogP contribution is -2.35. The van der Waals surface area contributed by atoms with E-state index in [1.165, 1.54) is 25.1 Å². The van der Waals surface area contributed by atoms with Crippen molar-refractivity contribution in [3.8, 4) is 6.01 Å². The van der Waals surface area contributed by atoms with Crippen LogP contribution >= 0.6 is 0 Å². The van der Waals surface area contributed by atoms with Crippen LogP contribution in [0.1, 0.15) is 21.9 Å². The first kappa shape index (κ1) is 17.2. The van der Waals surface area contributed by atoms with Crippen molar-refractivity contribution in [2.75, 3.05) is 12.4 Å². The third-order valence-electron chi connectivity index (χ3n) is 3.21. The lowest BCUT2D eigenvalue weighted by atomic mass is 10.1. The molecule has 2 rings (SSSR count). The number of carbonyl (C=O) groups is 1. The third-order valence-corrected chi connectivity index (χ3v) is 4.64. The molecule has 0 spiro atoms. The van der Waals surface area contributed by atoms with E-state index in [0.29, 0.717) is 0 Å². The smallest absolute Gasteiger partial charge is 0.389 e. The minimum atomic E-state index is -4.55. The van der Waals surface area contributed by atoms with Crippen LogP contribution in [0.2, 0.25) is 0 Å². The highest BCUT2D eigenvalue weighted by Gasteiger charge is 2.28. The molecular formula is C15H16F3N5O4S. The highest BCUT2D eigenvalue weighted by atomic mass is 32.2. The summed E-state index contributed by atoms with van der Waals surface area (Å²) in [6.45, 7) is 1.34. The second-order valence-electron chi connectivity index (χ2n) is 5.37. The zero-order valence-electron chi connectivity index (χ0n) is 17.2. The molecule has 2 N–H and O–H groups in total. The number of sulfonamides is 1. The number of rotatable bonds is 6. The number of amides is 2. The van der Waals surface area contributed by atoms with E-state index in [4.69, 9.17) is 4.11 Å². The van der Waals surface area contributed by atoms with Gasteiger partial charge >= 0.3 is 18.2 Å². The van der Waals surface area contributed by atoms with Gasteiger partial charge in [-0.25, -0.2) is 17.9 Å². The molecule has 0 aliphatic heterocycles. The number of methoxy groups -OCH3 is 1. The first-order valence-corrected chi connectivity index (χ1v) is 9.03. The lowest BCUT2D eigenvalue weighted by molar-refractivity contribution is -0.134. The van der Waals surface area contributed by atoms with E-state index in [2.05, 4.69) is 19.7 Å². The highest BCUT2D eigenvalue weighted by molar-refractivity contribution is 7.90. The molecule has 0 aliphatic rings. The van der Waals surface area contributed by atoms with Crippen LogP contribution < -0.4 is 14.8 Å². The van der Waals surface area contributed by atoms with E-state index in [0.717, 1.165) is 6.07 Å². The van der Waals surface area contributed by atoms with Gasteiger partial charge in [0, 0.05) is 6.42 Å². The fourth-order valence-electron chi connectivity index (χ4n) is 2.11. The number of nitrogens with one attached hydrogen (secondary N) is 2. The molecule has 0 saturated carbocycles. The summed E-state index contributed by atoms with van der Waals surface area (Å²) in [7, 11) is -7.43. The fraction of sp³-hybridized carbons (Fsp3) is 0.333. The molecule has 0 atom stereocenters. The number of nitrogens with zero attached hydrogens (tertiary/aromatic N) is 3. The quantitative estimate of drug-likeness (QED) is 0.731. The minimum absolute atomic E-state index is 0.0371. The number of aromatic nitrogens is 3. The van der Waals surface area contributed by atoms with Crippen molar-refractivity contribution >= 4 is 22.0 Å². The van der Waals surface area contributed by atoms with Crippen LogP contribution in [0.15, 0.2) is 29.2 Å². The van der Waals surface area contributed by atoms with E-state index >= 15 is 0 Å². The van der Waals surface area contributed by atoms with Crippen molar-refractivity contribution in [1.82, 2.24) is 19.7 Å². The van der Waals surface area contributed by atoms with E-state index in [-0.39, 0.29) is 11.4 Å². The Kier molecular flexibility index (Phi) is 5.13. The molecule has 0 aliphatic carbocycles. The van der Waals surface area contributed by atoms with Crippen molar-refractivity contribution in [2.24, 2.45) is 0 Å². The van der Waals surface area contributed by atoms with Crippen LogP contribution in [0.3, 0.4) is 0 Å². The Morgan fingerprint density at radius 1 is 1.25 bits per heavy atom. The fourth-order valence-corrected chi connectivity index (χ4v) is 3.29. The molecule has 1 aromatic carbocycles. The maximum absolute atomic E-state index is 12.5. The third kappa shape index (κ3) is 6.04. The van der Waals surface area contributed by atoms with Crippen molar-refractivity contribution < 1.29 is 35.2 Å². The van der Waals surface area contributed by atoms with E-state index in [9.17, 15) is 26.4 Å². The molecule has 0 fully saturated rings. The topological polar surface area (TPSA) is 123 Å². The number of halogens is 3. The van der Waals surface area contributed by atoms with Crippen molar-refractivity contribution in [1.29, 1.82) is 0 Å². The van der Waals surface area contributed by atoms with Gasteiger partial charge in [0.15, 0.2) is 0 Å². The maximum Gasteiger partial charge on any atom is 0.389 e. The second kappa shape index (κ2) is 8.37. The summed E-state index contributed by atoms with van der Waals surface area (Å²) < 4.78 is 89.7. The Labute approximate surface area is 162 Å². The zero-order valence-corrected chi connectivity index (χ0v) is 15.1. The number of alkyl halides is 3. The average Bonchev–Trinajstić information content (AvgIpc) is 2.56. The summed E-state index contributed by atoms with van der Waals surface area (Å²) in [5.74, 6) is -0.547. The minimum Gasteiger partial charge on any atom is -0.467 e. The number of carbonyl (C=O) groups excluding carboxylic acids is 1. The Balaban J connectivity index is 2.17. The number of anilines is 1. The number of urea groups is 1. The predicted molar refractivity (Wildman–Crippen MR) is 91.3 cm³/mol. The van der Waals surface area contributed by atoms with Crippen LogP contribution in [-0.2, 0) is 16.4 Å². The molecule has 2 amide bonds. The molecule has 13 heteroatoms. The summed E-state index contributed by atoms with van der Waals surface area (Å²) in [5, 5.41) is 1.98. The Morgan fingerprint density at radius 2 is 1.96 bits per heavy atom.